The van der Waals surface area contributed by atoms with Gasteiger partial charge in [0.15, 0.2) is 0 Å². The minimum atomic E-state index is -1.03. The van der Waals surface area contributed by atoms with Crippen LogP contribution >= 0.6 is 11.6 Å². The zero-order valence-corrected chi connectivity index (χ0v) is 10.6. The van der Waals surface area contributed by atoms with Crippen LogP contribution in [0.1, 0.15) is 0 Å². The maximum Gasteiger partial charge on any atom is 0.407 e. The SMILES string of the molecule is O=C(O)N1CCOC(Cn2c(Cl)cc(=O)[nH]c2=O)C1. The third-order valence-corrected chi connectivity index (χ3v) is 3.09. The molecule has 1 atom stereocenters. The molecule has 0 aromatic carbocycles. The van der Waals surface area contributed by atoms with Crippen LogP contribution in [-0.2, 0) is 11.3 Å². The molecule has 8 nitrogen and oxygen atoms in total. The fraction of sp³-hybridized carbons (Fsp3) is 0.500. The fourth-order valence-corrected chi connectivity index (χ4v) is 2.11. The predicted octanol–water partition coefficient (Wildman–Crippen LogP) is -0.431. The predicted molar refractivity (Wildman–Crippen MR) is 65.7 cm³/mol. The Bertz CT molecular complexity index is 596. The van der Waals surface area contributed by atoms with E-state index < -0.39 is 23.4 Å². The number of nitrogens with zero attached hydrogens (tertiary/aromatic N) is 2. The van der Waals surface area contributed by atoms with Crippen LogP contribution in [0, 0.1) is 0 Å². The summed E-state index contributed by atoms with van der Waals surface area (Å²) in [6.45, 7) is 0.780. The lowest BCUT2D eigenvalue weighted by Gasteiger charge is -2.31. The quantitative estimate of drug-likeness (QED) is 0.719. The monoisotopic (exact) mass is 289 g/mol. The molecule has 0 spiro atoms. The minimum absolute atomic E-state index is 0.00945. The second-order valence-corrected chi connectivity index (χ2v) is 4.48. The van der Waals surface area contributed by atoms with Crippen LogP contribution in [0.25, 0.3) is 0 Å². The van der Waals surface area contributed by atoms with Gasteiger partial charge in [-0.1, -0.05) is 11.6 Å². The Kier molecular flexibility index (Phi) is 3.91. The molecule has 2 rings (SSSR count). The Labute approximate surface area is 112 Å². The lowest BCUT2D eigenvalue weighted by molar-refractivity contribution is -0.0298. The molecule has 1 amide bonds. The van der Waals surface area contributed by atoms with Crippen molar-refractivity contribution in [2.24, 2.45) is 0 Å². The van der Waals surface area contributed by atoms with E-state index in [0.717, 1.165) is 10.6 Å². The molecule has 2 N–H and O–H groups in total. The highest BCUT2D eigenvalue weighted by molar-refractivity contribution is 6.29. The maximum atomic E-state index is 11.6. The van der Waals surface area contributed by atoms with E-state index in [1.165, 1.54) is 4.90 Å². The van der Waals surface area contributed by atoms with Crippen molar-refractivity contribution in [2.45, 2.75) is 12.6 Å². The lowest BCUT2D eigenvalue weighted by Crippen LogP contribution is -2.47. The molecule has 9 heteroatoms. The van der Waals surface area contributed by atoms with Crippen LogP contribution in [0.15, 0.2) is 15.7 Å². The molecule has 1 fully saturated rings. The normalized spacial score (nSPS) is 19.4. The van der Waals surface area contributed by atoms with E-state index >= 15 is 0 Å². The summed E-state index contributed by atoms with van der Waals surface area (Å²) in [6.07, 6.45) is -1.51. The van der Waals surface area contributed by atoms with Gasteiger partial charge in [0.25, 0.3) is 5.56 Å². The number of hydrogen-bond acceptors (Lipinski definition) is 4. The molecule has 1 aromatic heterocycles. The number of morpholine rings is 1. The number of halogens is 1. The molecule has 0 aliphatic carbocycles. The van der Waals surface area contributed by atoms with Crippen molar-refractivity contribution in [1.29, 1.82) is 0 Å². The number of aromatic amines is 1. The minimum Gasteiger partial charge on any atom is -0.465 e. The van der Waals surface area contributed by atoms with Crippen molar-refractivity contribution in [3.05, 3.63) is 32.1 Å². The van der Waals surface area contributed by atoms with Crippen LogP contribution < -0.4 is 11.2 Å². The summed E-state index contributed by atoms with van der Waals surface area (Å²) < 4.78 is 6.53. The van der Waals surface area contributed by atoms with E-state index in [4.69, 9.17) is 21.4 Å². The highest BCUT2D eigenvalue weighted by Gasteiger charge is 2.24. The number of aromatic nitrogens is 2. The summed E-state index contributed by atoms with van der Waals surface area (Å²) in [5, 5.41) is 8.89. The Hall–Kier alpha value is -1.80. The van der Waals surface area contributed by atoms with E-state index in [2.05, 4.69) is 4.98 Å². The Morgan fingerprint density at radius 2 is 2.32 bits per heavy atom. The molecule has 1 unspecified atom stereocenters. The Balaban J connectivity index is 2.15. The first-order valence-corrected chi connectivity index (χ1v) is 5.94. The van der Waals surface area contributed by atoms with E-state index in [9.17, 15) is 14.4 Å². The van der Waals surface area contributed by atoms with Crippen molar-refractivity contribution < 1.29 is 14.6 Å². The van der Waals surface area contributed by atoms with Crippen LogP contribution in [0.2, 0.25) is 5.15 Å². The third kappa shape index (κ3) is 3.15. The van der Waals surface area contributed by atoms with Gasteiger partial charge in [0, 0.05) is 12.6 Å². The van der Waals surface area contributed by atoms with E-state index in [0.29, 0.717) is 6.54 Å². The molecule has 1 aliphatic heterocycles. The van der Waals surface area contributed by atoms with Crippen molar-refractivity contribution >= 4 is 17.7 Å². The van der Waals surface area contributed by atoms with Gasteiger partial charge in [-0.2, -0.15) is 0 Å². The maximum absolute atomic E-state index is 11.6. The van der Waals surface area contributed by atoms with Gasteiger partial charge in [-0.25, -0.2) is 9.59 Å². The summed E-state index contributed by atoms with van der Waals surface area (Å²) in [4.78, 5) is 36.8. The number of hydrogen-bond donors (Lipinski definition) is 2. The molecule has 0 bridgehead atoms. The second-order valence-electron chi connectivity index (χ2n) is 4.09. The summed E-state index contributed by atoms with van der Waals surface area (Å²) in [6, 6.07) is 1.08. The highest BCUT2D eigenvalue weighted by atomic mass is 35.5. The number of ether oxygens (including phenoxy) is 1. The van der Waals surface area contributed by atoms with Gasteiger partial charge in [-0.05, 0) is 0 Å². The van der Waals surface area contributed by atoms with Crippen LogP contribution in [0.3, 0.4) is 0 Å². The smallest absolute Gasteiger partial charge is 0.407 e. The first-order valence-electron chi connectivity index (χ1n) is 5.56. The third-order valence-electron chi connectivity index (χ3n) is 2.78. The molecule has 1 aromatic rings. The van der Waals surface area contributed by atoms with E-state index in [-0.39, 0.29) is 24.8 Å². The number of nitrogens with one attached hydrogen (secondary N) is 1. The van der Waals surface area contributed by atoms with E-state index in [1.807, 2.05) is 0 Å². The molecular formula is C10H12ClN3O5. The number of rotatable bonds is 2. The average Bonchev–Trinajstić information content (AvgIpc) is 2.34. The number of carboxylic acid groups (broad SMARTS) is 1. The molecule has 0 saturated carbocycles. The van der Waals surface area contributed by atoms with Gasteiger partial charge >= 0.3 is 11.8 Å². The molecule has 2 heterocycles. The van der Waals surface area contributed by atoms with Crippen molar-refractivity contribution in [1.82, 2.24) is 14.5 Å². The molecule has 104 valence electrons. The summed E-state index contributed by atoms with van der Waals surface area (Å²) in [7, 11) is 0. The molecule has 1 saturated heterocycles. The Morgan fingerprint density at radius 3 is 2.95 bits per heavy atom. The zero-order valence-electron chi connectivity index (χ0n) is 9.84. The van der Waals surface area contributed by atoms with Gasteiger partial charge in [-0.15, -0.1) is 0 Å². The standard InChI is InChI=1S/C10H12ClN3O5/c11-7-3-8(15)12-9(16)14(7)5-6-4-13(10(17)18)1-2-19-6/h3,6H,1-2,4-5H2,(H,17,18)(H,12,15,16). The van der Waals surface area contributed by atoms with Gasteiger partial charge in [0.2, 0.25) is 0 Å². The molecule has 19 heavy (non-hydrogen) atoms. The van der Waals surface area contributed by atoms with Crippen LogP contribution in [0.5, 0.6) is 0 Å². The first-order chi connectivity index (χ1) is 8.97. The first kappa shape index (κ1) is 13.6. The largest absolute Gasteiger partial charge is 0.465 e. The number of amides is 1. The summed E-state index contributed by atoms with van der Waals surface area (Å²) in [5.41, 5.74) is -1.23. The van der Waals surface area contributed by atoms with E-state index in [1.54, 1.807) is 0 Å². The lowest BCUT2D eigenvalue weighted by atomic mass is 10.3. The molecule has 0 radical (unpaired) electrons. The number of carbonyl (C=O) groups is 1. The average molecular weight is 290 g/mol. The summed E-state index contributed by atoms with van der Waals surface area (Å²) in [5.74, 6) is 0. The van der Waals surface area contributed by atoms with Crippen LogP contribution in [0.4, 0.5) is 4.79 Å². The van der Waals surface area contributed by atoms with Gasteiger partial charge in [-0.3, -0.25) is 14.3 Å². The second kappa shape index (κ2) is 5.45. The number of H-pyrrole nitrogens is 1. The van der Waals surface area contributed by atoms with Gasteiger partial charge < -0.3 is 14.7 Å². The fourth-order valence-electron chi connectivity index (χ4n) is 1.87. The van der Waals surface area contributed by atoms with Gasteiger partial charge in [0.1, 0.15) is 5.15 Å². The highest BCUT2D eigenvalue weighted by Crippen LogP contribution is 2.09. The van der Waals surface area contributed by atoms with Gasteiger partial charge in [0.05, 0.1) is 25.8 Å². The van der Waals surface area contributed by atoms with Crippen molar-refractivity contribution in [3.8, 4) is 0 Å². The van der Waals surface area contributed by atoms with Crippen molar-refractivity contribution in [3.63, 3.8) is 0 Å². The van der Waals surface area contributed by atoms with Crippen molar-refractivity contribution in [2.75, 3.05) is 19.7 Å². The molecule has 1 aliphatic rings. The Morgan fingerprint density at radius 1 is 1.58 bits per heavy atom. The summed E-state index contributed by atoms with van der Waals surface area (Å²) >= 11 is 5.81. The topological polar surface area (TPSA) is 105 Å². The van der Waals surface area contributed by atoms with Crippen LogP contribution in [-0.4, -0.2) is 51.5 Å². The zero-order chi connectivity index (χ0) is 14.0. The molecular weight excluding hydrogens is 278 g/mol.